The number of likely N-dealkylation sites (tertiary alicyclic amines) is 1. The van der Waals surface area contributed by atoms with Crippen LogP contribution in [0.5, 0.6) is 11.5 Å². The SMILES string of the molecule is COc1ccc(C(CNS(=O)(=O)c2ccc(NC(C)=O)c(OC)c2)N2CCCC2)cc1. The van der Waals surface area contributed by atoms with Crippen molar-refractivity contribution in [1.82, 2.24) is 9.62 Å². The Balaban J connectivity index is 1.80. The number of hydrogen-bond donors (Lipinski definition) is 2. The maximum atomic E-state index is 13.0. The summed E-state index contributed by atoms with van der Waals surface area (Å²) in [6, 6.07) is 12.0. The minimum absolute atomic E-state index is 0.0772. The van der Waals surface area contributed by atoms with E-state index in [1.54, 1.807) is 7.11 Å². The van der Waals surface area contributed by atoms with Crippen molar-refractivity contribution in [1.29, 1.82) is 0 Å². The molecular weight excluding hydrogens is 418 g/mol. The summed E-state index contributed by atoms with van der Waals surface area (Å²) in [6.07, 6.45) is 2.20. The van der Waals surface area contributed by atoms with Crippen molar-refractivity contribution < 1.29 is 22.7 Å². The number of anilines is 1. The van der Waals surface area contributed by atoms with Crippen molar-refractivity contribution in [2.24, 2.45) is 0 Å². The molecule has 0 spiro atoms. The molecule has 2 aromatic carbocycles. The van der Waals surface area contributed by atoms with Gasteiger partial charge in [-0.15, -0.1) is 0 Å². The number of ether oxygens (including phenoxy) is 2. The summed E-state index contributed by atoms with van der Waals surface area (Å²) in [6.45, 7) is 3.48. The second-order valence-electron chi connectivity index (χ2n) is 7.43. The van der Waals surface area contributed by atoms with E-state index >= 15 is 0 Å². The van der Waals surface area contributed by atoms with E-state index in [1.165, 1.54) is 32.2 Å². The Labute approximate surface area is 183 Å². The summed E-state index contributed by atoms with van der Waals surface area (Å²) in [5.74, 6) is 0.778. The fraction of sp³-hybridized carbons (Fsp3) is 0.409. The van der Waals surface area contributed by atoms with Gasteiger partial charge in [0.1, 0.15) is 11.5 Å². The van der Waals surface area contributed by atoms with Crippen LogP contribution in [0.3, 0.4) is 0 Å². The Morgan fingerprint density at radius 2 is 1.74 bits per heavy atom. The number of benzene rings is 2. The molecule has 1 amide bonds. The first kappa shape index (κ1) is 23.1. The van der Waals surface area contributed by atoms with E-state index in [0.717, 1.165) is 37.2 Å². The number of carbonyl (C=O) groups excluding carboxylic acids is 1. The molecule has 1 unspecified atom stereocenters. The summed E-state index contributed by atoms with van der Waals surface area (Å²) >= 11 is 0. The van der Waals surface area contributed by atoms with Crippen molar-refractivity contribution in [2.75, 3.05) is 39.2 Å². The number of nitrogens with one attached hydrogen (secondary N) is 2. The molecule has 0 radical (unpaired) electrons. The number of rotatable bonds is 9. The molecule has 0 aromatic heterocycles. The molecule has 1 saturated heterocycles. The van der Waals surface area contributed by atoms with Gasteiger partial charge >= 0.3 is 0 Å². The molecule has 31 heavy (non-hydrogen) atoms. The van der Waals surface area contributed by atoms with E-state index in [0.29, 0.717) is 5.69 Å². The first-order valence-electron chi connectivity index (χ1n) is 10.2. The predicted molar refractivity (Wildman–Crippen MR) is 119 cm³/mol. The molecule has 0 bridgehead atoms. The summed E-state index contributed by atoms with van der Waals surface area (Å²) in [5.41, 5.74) is 1.45. The third kappa shape index (κ3) is 5.75. The van der Waals surface area contributed by atoms with E-state index in [9.17, 15) is 13.2 Å². The first-order chi connectivity index (χ1) is 14.8. The largest absolute Gasteiger partial charge is 0.497 e. The second kappa shape index (κ2) is 10.1. The molecule has 8 nitrogen and oxygen atoms in total. The number of sulfonamides is 1. The van der Waals surface area contributed by atoms with Crippen LogP contribution in [0.1, 0.15) is 31.4 Å². The Hall–Kier alpha value is -2.62. The van der Waals surface area contributed by atoms with Gasteiger partial charge in [0.25, 0.3) is 0 Å². The summed E-state index contributed by atoms with van der Waals surface area (Å²) in [4.78, 5) is 13.7. The molecule has 0 aliphatic carbocycles. The zero-order valence-corrected chi connectivity index (χ0v) is 18.9. The Morgan fingerprint density at radius 3 is 2.32 bits per heavy atom. The highest BCUT2D eigenvalue weighted by Gasteiger charge is 2.26. The lowest BCUT2D eigenvalue weighted by Crippen LogP contribution is -2.36. The standard InChI is InChI=1S/C22H29N3O5S/c1-16(26)24-20-11-10-19(14-22(20)30-3)31(27,28)23-15-21(25-12-4-5-13-25)17-6-8-18(29-2)9-7-17/h6-11,14,21,23H,4-5,12-13,15H2,1-3H3,(H,24,26). The molecule has 1 aliphatic heterocycles. The van der Waals surface area contributed by atoms with Gasteiger partial charge in [-0.25, -0.2) is 13.1 Å². The second-order valence-corrected chi connectivity index (χ2v) is 9.19. The van der Waals surface area contributed by atoms with Crippen molar-refractivity contribution in [3.63, 3.8) is 0 Å². The van der Waals surface area contributed by atoms with Crippen LogP contribution in [0.25, 0.3) is 0 Å². The fourth-order valence-electron chi connectivity index (χ4n) is 3.74. The molecule has 168 valence electrons. The summed E-state index contributed by atoms with van der Waals surface area (Å²) in [7, 11) is -0.732. The molecular formula is C22H29N3O5S. The van der Waals surface area contributed by atoms with E-state index in [4.69, 9.17) is 9.47 Å². The first-order valence-corrected chi connectivity index (χ1v) is 11.7. The molecule has 2 N–H and O–H groups in total. The molecule has 1 heterocycles. The van der Waals surface area contributed by atoms with Crippen molar-refractivity contribution in [3.05, 3.63) is 48.0 Å². The zero-order chi connectivity index (χ0) is 22.4. The Bertz CT molecular complexity index is 1000. The lowest BCUT2D eigenvalue weighted by Gasteiger charge is -2.28. The van der Waals surface area contributed by atoms with E-state index < -0.39 is 10.0 Å². The maximum Gasteiger partial charge on any atom is 0.240 e. The molecule has 1 atom stereocenters. The van der Waals surface area contributed by atoms with Gasteiger partial charge in [0.15, 0.2) is 0 Å². The van der Waals surface area contributed by atoms with Gasteiger partial charge in [0.2, 0.25) is 15.9 Å². The van der Waals surface area contributed by atoms with Crippen molar-refractivity contribution in [3.8, 4) is 11.5 Å². The molecule has 0 saturated carbocycles. The highest BCUT2D eigenvalue weighted by atomic mass is 32.2. The van der Waals surface area contributed by atoms with Crippen LogP contribution in [0.4, 0.5) is 5.69 Å². The van der Waals surface area contributed by atoms with E-state index in [1.807, 2.05) is 24.3 Å². The van der Waals surface area contributed by atoms with Crippen LogP contribution in [-0.4, -0.2) is 53.1 Å². The normalized spacial score (nSPS) is 15.5. The molecule has 1 fully saturated rings. The average Bonchev–Trinajstić information content (AvgIpc) is 3.28. The van der Waals surface area contributed by atoms with Crippen LogP contribution in [0.15, 0.2) is 47.4 Å². The predicted octanol–water partition coefficient (Wildman–Crippen LogP) is 2.78. The number of amides is 1. The third-order valence-electron chi connectivity index (χ3n) is 5.34. The van der Waals surface area contributed by atoms with Crippen molar-refractivity contribution in [2.45, 2.75) is 30.7 Å². The molecule has 1 aliphatic rings. The highest BCUT2D eigenvalue weighted by Crippen LogP contribution is 2.29. The minimum atomic E-state index is -3.78. The van der Waals surface area contributed by atoms with Gasteiger partial charge < -0.3 is 14.8 Å². The minimum Gasteiger partial charge on any atom is -0.497 e. The topological polar surface area (TPSA) is 97.0 Å². The van der Waals surface area contributed by atoms with Gasteiger partial charge in [-0.1, -0.05) is 12.1 Å². The van der Waals surface area contributed by atoms with Crippen molar-refractivity contribution >= 4 is 21.6 Å². The Kier molecular flexibility index (Phi) is 7.53. The lowest BCUT2D eigenvalue weighted by molar-refractivity contribution is -0.114. The number of hydrogen-bond acceptors (Lipinski definition) is 6. The van der Waals surface area contributed by atoms with Gasteiger partial charge in [-0.2, -0.15) is 0 Å². The van der Waals surface area contributed by atoms with Crippen LogP contribution < -0.4 is 19.5 Å². The number of nitrogens with zero attached hydrogens (tertiary/aromatic N) is 1. The zero-order valence-electron chi connectivity index (χ0n) is 18.1. The lowest BCUT2D eigenvalue weighted by atomic mass is 10.1. The van der Waals surface area contributed by atoms with E-state index in [-0.39, 0.29) is 29.1 Å². The van der Waals surface area contributed by atoms with Gasteiger partial charge in [-0.3, -0.25) is 9.69 Å². The van der Waals surface area contributed by atoms with Gasteiger partial charge in [0, 0.05) is 25.6 Å². The van der Waals surface area contributed by atoms with Crippen LogP contribution in [-0.2, 0) is 14.8 Å². The average molecular weight is 448 g/mol. The molecule has 2 aromatic rings. The maximum absolute atomic E-state index is 13.0. The quantitative estimate of drug-likeness (QED) is 0.614. The van der Waals surface area contributed by atoms with Crippen LogP contribution in [0.2, 0.25) is 0 Å². The monoisotopic (exact) mass is 447 g/mol. The van der Waals surface area contributed by atoms with E-state index in [2.05, 4.69) is 14.9 Å². The molecule has 9 heteroatoms. The fourth-order valence-corrected chi connectivity index (χ4v) is 4.79. The Morgan fingerprint density at radius 1 is 1.06 bits per heavy atom. The van der Waals surface area contributed by atoms with Crippen LogP contribution >= 0.6 is 0 Å². The van der Waals surface area contributed by atoms with Crippen LogP contribution in [0, 0.1) is 0 Å². The smallest absolute Gasteiger partial charge is 0.240 e. The summed E-state index contributed by atoms with van der Waals surface area (Å²) < 4.78 is 39.2. The highest BCUT2D eigenvalue weighted by molar-refractivity contribution is 7.89. The number of methoxy groups -OCH3 is 2. The van der Waals surface area contributed by atoms with Gasteiger partial charge in [0.05, 0.1) is 24.8 Å². The third-order valence-corrected chi connectivity index (χ3v) is 6.76. The summed E-state index contributed by atoms with van der Waals surface area (Å²) in [5, 5.41) is 2.63. The van der Waals surface area contributed by atoms with Gasteiger partial charge in [-0.05, 0) is 55.8 Å². The number of carbonyl (C=O) groups is 1. The molecule has 3 rings (SSSR count).